The van der Waals surface area contributed by atoms with Gasteiger partial charge in [0.15, 0.2) is 0 Å². The summed E-state index contributed by atoms with van der Waals surface area (Å²) in [6.45, 7) is 4.77. The number of hydrogen-bond donors (Lipinski definition) is 1. The Balaban J connectivity index is 2.42. The van der Waals surface area contributed by atoms with Gasteiger partial charge in [-0.2, -0.15) is 10.4 Å². The molecule has 2 rings (SSSR count). The van der Waals surface area contributed by atoms with Crippen LogP contribution in [0.3, 0.4) is 0 Å². The summed E-state index contributed by atoms with van der Waals surface area (Å²) < 4.78 is 7.12. The first-order chi connectivity index (χ1) is 9.74. The van der Waals surface area contributed by atoms with Crippen molar-refractivity contribution >= 4 is 11.5 Å². The fourth-order valence-electron chi connectivity index (χ4n) is 2.27. The second-order valence-electron chi connectivity index (χ2n) is 4.58. The van der Waals surface area contributed by atoms with E-state index < -0.39 is 0 Å². The highest BCUT2D eigenvalue weighted by Crippen LogP contribution is 2.26. The van der Waals surface area contributed by atoms with E-state index in [0.717, 1.165) is 36.6 Å². The first-order valence-corrected chi connectivity index (χ1v) is 6.92. The minimum atomic E-state index is 0.123. The van der Waals surface area contributed by atoms with Crippen LogP contribution in [0.2, 0.25) is 0 Å². The molecule has 5 heteroatoms. The molecule has 0 amide bonds. The van der Waals surface area contributed by atoms with E-state index in [9.17, 15) is 5.26 Å². The van der Waals surface area contributed by atoms with E-state index in [0.29, 0.717) is 5.56 Å². The maximum atomic E-state index is 9.35. The van der Waals surface area contributed by atoms with Crippen molar-refractivity contribution in [2.24, 2.45) is 0 Å². The number of methoxy groups -OCH3 is 1. The minimum absolute atomic E-state index is 0.123. The summed E-state index contributed by atoms with van der Waals surface area (Å²) in [4.78, 5) is 0. The lowest BCUT2D eigenvalue weighted by molar-refractivity contribution is 0.143. The maximum absolute atomic E-state index is 9.35. The molecule has 0 saturated carbocycles. The zero-order chi connectivity index (χ0) is 14.5. The molecule has 0 saturated heterocycles. The van der Waals surface area contributed by atoms with Crippen LogP contribution in [-0.4, -0.2) is 29.5 Å². The van der Waals surface area contributed by atoms with Gasteiger partial charge in [-0.15, -0.1) is 0 Å². The highest BCUT2D eigenvalue weighted by Gasteiger charge is 2.19. The van der Waals surface area contributed by atoms with Gasteiger partial charge in [-0.1, -0.05) is 19.1 Å². The average molecular weight is 272 g/mol. The highest BCUT2D eigenvalue weighted by atomic mass is 16.5. The second kappa shape index (κ2) is 6.40. The Labute approximate surface area is 119 Å². The molecule has 1 unspecified atom stereocenters. The molecule has 0 bridgehead atoms. The van der Waals surface area contributed by atoms with Crippen LogP contribution in [0, 0.1) is 11.3 Å². The summed E-state index contributed by atoms with van der Waals surface area (Å²) in [5.74, 6) is 0.776. The normalized spacial score (nSPS) is 17.7. The second-order valence-corrected chi connectivity index (χ2v) is 4.58. The van der Waals surface area contributed by atoms with Crippen LogP contribution >= 0.6 is 0 Å². The molecule has 1 heterocycles. The van der Waals surface area contributed by atoms with Crippen molar-refractivity contribution < 1.29 is 4.74 Å². The number of nitriles is 1. The average Bonchev–Trinajstić information content (AvgIpc) is 2.85. The van der Waals surface area contributed by atoms with Crippen molar-refractivity contribution in [1.82, 2.24) is 9.78 Å². The van der Waals surface area contributed by atoms with Crippen LogP contribution in [0.4, 0.5) is 5.82 Å². The van der Waals surface area contributed by atoms with Crippen LogP contribution in [0.15, 0.2) is 18.2 Å². The molecule has 0 spiro atoms. The number of aryl methyl sites for hydroxylation is 1. The van der Waals surface area contributed by atoms with Crippen LogP contribution in [0.5, 0.6) is 0 Å². The molecule has 1 atom stereocenters. The number of aromatic nitrogens is 2. The number of anilines is 1. The molecule has 0 radical (unpaired) electrons. The zero-order valence-corrected chi connectivity index (χ0v) is 12.2. The molecule has 1 aliphatic rings. The van der Waals surface area contributed by atoms with Crippen LogP contribution in [0.25, 0.3) is 5.70 Å². The molecule has 20 heavy (non-hydrogen) atoms. The topological polar surface area (TPSA) is 62.9 Å². The van der Waals surface area contributed by atoms with Gasteiger partial charge in [-0.3, -0.25) is 0 Å². The molecule has 1 aromatic heterocycles. The number of ether oxygens (including phenoxy) is 1. The van der Waals surface area contributed by atoms with Crippen molar-refractivity contribution in [3.63, 3.8) is 0 Å². The Bertz CT molecular complexity index is 577. The van der Waals surface area contributed by atoms with Crippen LogP contribution in [-0.2, 0) is 11.2 Å². The van der Waals surface area contributed by atoms with Gasteiger partial charge in [0, 0.05) is 13.7 Å². The lowest BCUT2D eigenvalue weighted by atomic mass is 10.1. The van der Waals surface area contributed by atoms with Gasteiger partial charge in [-0.05, 0) is 25.8 Å². The van der Waals surface area contributed by atoms with Crippen molar-refractivity contribution in [2.45, 2.75) is 32.8 Å². The fourth-order valence-corrected chi connectivity index (χ4v) is 2.27. The Morgan fingerprint density at radius 2 is 2.35 bits per heavy atom. The van der Waals surface area contributed by atoms with Gasteiger partial charge >= 0.3 is 0 Å². The summed E-state index contributed by atoms with van der Waals surface area (Å²) in [6.07, 6.45) is 7.78. The Kier molecular flexibility index (Phi) is 4.59. The van der Waals surface area contributed by atoms with E-state index in [1.54, 1.807) is 7.11 Å². The smallest absolute Gasteiger partial charge is 0.148 e. The predicted octanol–water partition coefficient (Wildman–Crippen LogP) is 2.56. The van der Waals surface area contributed by atoms with Gasteiger partial charge in [0.05, 0.1) is 17.5 Å². The third-order valence-corrected chi connectivity index (χ3v) is 3.34. The maximum Gasteiger partial charge on any atom is 0.148 e. The zero-order valence-electron chi connectivity index (χ0n) is 12.2. The molecule has 0 aliphatic heterocycles. The molecule has 5 nitrogen and oxygen atoms in total. The number of nitrogens with one attached hydrogen (secondary N) is 1. The molecular weight excluding hydrogens is 252 g/mol. The number of nitrogens with zero attached hydrogens (tertiary/aromatic N) is 3. The summed E-state index contributed by atoms with van der Waals surface area (Å²) in [5, 5.41) is 17.2. The van der Waals surface area contributed by atoms with E-state index in [4.69, 9.17) is 4.74 Å². The van der Waals surface area contributed by atoms with Crippen molar-refractivity contribution in [3.8, 4) is 6.07 Å². The van der Waals surface area contributed by atoms with E-state index in [1.165, 1.54) is 0 Å². The molecule has 1 N–H and O–H groups in total. The lowest BCUT2D eigenvalue weighted by Crippen LogP contribution is -2.12. The largest absolute Gasteiger partial charge is 0.377 e. The quantitative estimate of drug-likeness (QED) is 0.894. The molecule has 106 valence electrons. The summed E-state index contributed by atoms with van der Waals surface area (Å²) in [7, 11) is 1.70. The third kappa shape index (κ3) is 2.61. The summed E-state index contributed by atoms with van der Waals surface area (Å²) >= 11 is 0. The van der Waals surface area contributed by atoms with Gasteiger partial charge in [-0.25, -0.2) is 4.68 Å². The van der Waals surface area contributed by atoms with Crippen LogP contribution < -0.4 is 5.32 Å². The minimum Gasteiger partial charge on any atom is -0.377 e. The molecule has 1 aliphatic carbocycles. The van der Waals surface area contributed by atoms with Gasteiger partial charge in [0.1, 0.15) is 17.5 Å². The van der Waals surface area contributed by atoms with Crippen LogP contribution in [0.1, 0.15) is 31.5 Å². The lowest BCUT2D eigenvalue weighted by Gasteiger charge is -2.16. The third-order valence-electron chi connectivity index (χ3n) is 3.34. The number of allylic oxidation sites excluding steroid dienone is 2. The summed E-state index contributed by atoms with van der Waals surface area (Å²) in [6, 6.07) is 2.26. The Morgan fingerprint density at radius 3 is 2.85 bits per heavy atom. The Morgan fingerprint density at radius 1 is 1.55 bits per heavy atom. The monoisotopic (exact) mass is 272 g/mol. The van der Waals surface area contributed by atoms with E-state index in [2.05, 4.69) is 22.6 Å². The van der Waals surface area contributed by atoms with Crippen molar-refractivity contribution in [2.75, 3.05) is 19.0 Å². The van der Waals surface area contributed by atoms with E-state index in [1.807, 2.05) is 30.7 Å². The molecule has 0 aromatic carbocycles. The molecular formula is C15H20N4O. The van der Waals surface area contributed by atoms with Gasteiger partial charge in [0.2, 0.25) is 0 Å². The molecule has 0 fully saturated rings. The number of rotatable bonds is 5. The number of hydrogen-bond acceptors (Lipinski definition) is 4. The van der Waals surface area contributed by atoms with Crippen molar-refractivity contribution in [3.05, 3.63) is 29.5 Å². The fraction of sp³-hybridized carbons (Fsp3) is 0.467. The first kappa shape index (κ1) is 14.4. The van der Waals surface area contributed by atoms with E-state index in [-0.39, 0.29) is 6.10 Å². The standard InChI is InChI=1S/C15H20N4O/c1-4-14-13(10-16)15(17-5-2)19(18-14)11-6-8-12(20-3)9-7-11/h6-8,12,17H,4-5,9H2,1-3H3. The first-order valence-electron chi connectivity index (χ1n) is 6.92. The predicted molar refractivity (Wildman–Crippen MR) is 79.3 cm³/mol. The Hall–Kier alpha value is -2.06. The van der Waals surface area contributed by atoms with Crippen molar-refractivity contribution in [1.29, 1.82) is 5.26 Å². The SMILES string of the molecule is CCNc1c(C#N)c(CC)nn1C1=CCC(OC)C=C1. The van der Waals surface area contributed by atoms with Gasteiger partial charge < -0.3 is 10.1 Å². The van der Waals surface area contributed by atoms with E-state index >= 15 is 0 Å². The summed E-state index contributed by atoms with van der Waals surface area (Å²) in [5.41, 5.74) is 2.44. The highest BCUT2D eigenvalue weighted by molar-refractivity contribution is 5.68. The van der Waals surface area contributed by atoms with Gasteiger partial charge in [0.25, 0.3) is 0 Å². The molecule has 1 aromatic rings.